The quantitative estimate of drug-likeness (QED) is 0.311. The molecule has 0 unspecified atom stereocenters. The Morgan fingerprint density at radius 1 is 0.828 bits per heavy atom. The zero-order valence-electron chi connectivity index (χ0n) is 16.9. The summed E-state index contributed by atoms with van der Waals surface area (Å²) < 4.78 is 8.54. The number of benzene rings is 3. The van der Waals surface area contributed by atoms with Gasteiger partial charge in [0.05, 0.1) is 11.2 Å². The monoisotopic (exact) mass is 377 g/mol. The SMILES string of the molecule is C/C=C\c1c(C=C(C)C)c2c3c(ccc2n1-c1ccccc1)oc1ccccc13. The molecule has 2 heteroatoms. The van der Waals surface area contributed by atoms with Gasteiger partial charge < -0.3 is 8.98 Å². The average molecular weight is 377 g/mol. The van der Waals surface area contributed by atoms with Crippen LogP contribution in [-0.2, 0) is 0 Å². The largest absolute Gasteiger partial charge is 0.456 e. The number of hydrogen-bond donors (Lipinski definition) is 0. The minimum Gasteiger partial charge on any atom is -0.456 e. The molecular weight excluding hydrogens is 354 g/mol. The highest BCUT2D eigenvalue weighted by Crippen LogP contribution is 2.41. The molecular formula is C27H23NO. The van der Waals surface area contributed by atoms with Crippen molar-refractivity contribution < 1.29 is 4.42 Å². The molecule has 0 aliphatic heterocycles. The number of para-hydroxylation sites is 2. The summed E-state index contributed by atoms with van der Waals surface area (Å²) in [5.41, 5.74) is 7.90. The Bertz CT molecular complexity index is 1410. The van der Waals surface area contributed by atoms with Crippen molar-refractivity contribution in [1.29, 1.82) is 0 Å². The topological polar surface area (TPSA) is 18.1 Å². The van der Waals surface area contributed by atoms with Gasteiger partial charge >= 0.3 is 0 Å². The van der Waals surface area contributed by atoms with Gasteiger partial charge in [-0.2, -0.15) is 0 Å². The van der Waals surface area contributed by atoms with Crippen LogP contribution in [0.5, 0.6) is 0 Å². The first-order valence-electron chi connectivity index (χ1n) is 10.0. The van der Waals surface area contributed by atoms with Crippen LogP contribution < -0.4 is 0 Å². The van der Waals surface area contributed by atoms with E-state index in [2.05, 4.69) is 98.2 Å². The normalized spacial score (nSPS) is 11.8. The molecule has 2 heterocycles. The third-order valence-electron chi connectivity index (χ3n) is 5.32. The minimum absolute atomic E-state index is 0.929. The molecule has 0 saturated heterocycles. The fourth-order valence-electron chi connectivity index (χ4n) is 4.26. The number of fused-ring (bicyclic) bond motifs is 5. The minimum atomic E-state index is 0.929. The van der Waals surface area contributed by atoms with E-state index in [1.807, 2.05) is 12.1 Å². The summed E-state index contributed by atoms with van der Waals surface area (Å²) in [7, 11) is 0. The van der Waals surface area contributed by atoms with Crippen LogP contribution in [0.4, 0.5) is 0 Å². The molecule has 0 fully saturated rings. The predicted molar refractivity (Wildman–Crippen MR) is 125 cm³/mol. The van der Waals surface area contributed by atoms with Crippen molar-refractivity contribution in [1.82, 2.24) is 4.57 Å². The van der Waals surface area contributed by atoms with Gasteiger partial charge in [-0.1, -0.05) is 54.1 Å². The Hall–Kier alpha value is -3.52. The van der Waals surface area contributed by atoms with Gasteiger partial charge in [-0.25, -0.2) is 0 Å². The second kappa shape index (κ2) is 6.82. The number of hydrogen-bond acceptors (Lipinski definition) is 1. The van der Waals surface area contributed by atoms with Crippen LogP contribution in [0.3, 0.4) is 0 Å². The van der Waals surface area contributed by atoms with Gasteiger partial charge in [0.1, 0.15) is 11.2 Å². The molecule has 2 aromatic heterocycles. The Kier molecular flexibility index (Phi) is 4.13. The summed E-state index contributed by atoms with van der Waals surface area (Å²) in [5, 5.41) is 3.59. The van der Waals surface area contributed by atoms with Crippen LogP contribution in [0.15, 0.2) is 82.8 Å². The molecule has 0 bridgehead atoms. The van der Waals surface area contributed by atoms with Gasteiger partial charge in [-0.3, -0.25) is 0 Å². The highest BCUT2D eigenvalue weighted by atomic mass is 16.3. The molecule has 0 N–H and O–H groups in total. The lowest BCUT2D eigenvalue weighted by molar-refractivity contribution is 0.669. The predicted octanol–water partition coefficient (Wildman–Crippen LogP) is 7.99. The average Bonchev–Trinajstić information content (AvgIpc) is 3.24. The van der Waals surface area contributed by atoms with Crippen LogP contribution in [0.1, 0.15) is 32.0 Å². The molecule has 0 radical (unpaired) electrons. The van der Waals surface area contributed by atoms with Crippen molar-refractivity contribution in [2.45, 2.75) is 20.8 Å². The van der Waals surface area contributed by atoms with Gasteiger partial charge in [0.2, 0.25) is 0 Å². The zero-order chi connectivity index (χ0) is 20.0. The molecule has 0 amide bonds. The smallest absolute Gasteiger partial charge is 0.136 e. The maximum absolute atomic E-state index is 6.19. The molecule has 0 spiro atoms. The highest BCUT2D eigenvalue weighted by molar-refractivity contribution is 6.21. The molecule has 0 aliphatic carbocycles. The summed E-state index contributed by atoms with van der Waals surface area (Å²) >= 11 is 0. The van der Waals surface area contributed by atoms with Crippen molar-refractivity contribution in [3.63, 3.8) is 0 Å². The van der Waals surface area contributed by atoms with Crippen molar-refractivity contribution in [3.8, 4) is 5.69 Å². The fourth-order valence-corrected chi connectivity index (χ4v) is 4.26. The van der Waals surface area contributed by atoms with Gasteiger partial charge in [0.15, 0.2) is 0 Å². The molecule has 0 saturated carbocycles. The molecule has 0 atom stereocenters. The van der Waals surface area contributed by atoms with Crippen molar-refractivity contribution >= 4 is 45.0 Å². The van der Waals surface area contributed by atoms with Crippen LogP contribution in [0.25, 0.3) is 50.7 Å². The van der Waals surface area contributed by atoms with Gasteiger partial charge in [-0.05, 0) is 57.2 Å². The van der Waals surface area contributed by atoms with Gasteiger partial charge in [-0.15, -0.1) is 0 Å². The second-order valence-corrected chi connectivity index (χ2v) is 7.62. The summed E-state index contributed by atoms with van der Waals surface area (Å²) in [4.78, 5) is 0. The van der Waals surface area contributed by atoms with E-state index in [9.17, 15) is 0 Å². The van der Waals surface area contributed by atoms with Crippen LogP contribution >= 0.6 is 0 Å². The maximum Gasteiger partial charge on any atom is 0.136 e. The molecule has 142 valence electrons. The molecule has 5 rings (SSSR count). The van der Waals surface area contributed by atoms with Gasteiger partial charge in [0.25, 0.3) is 0 Å². The van der Waals surface area contributed by atoms with E-state index in [-0.39, 0.29) is 0 Å². The van der Waals surface area contributed by atoms with Crippen molar-refractivity contribution in [3.05, 3.63) is 89.6 Å². The number of aromatic nitrogens is 1. The Labute approximate surface area is 170 Å². The first kappa shape index (κ1) is 17.6. The first-order chi connectivity index (χ1) is 14.2. The summed E-state index contributed by atoms with van der Waals surface area (Å²) in [6, 6.07) is 23.2. The lowest BCUT2D eigenvalue weighted by Crippen LogP contribution is -1.96. The van der Waals surface area contributed by atoms with E-state index >= 15 is 0 Å². The summed E-state index contributed by atoms with van der Waals surface area (Å²) in [6.07, 6.45) is 6.61. The van der Waals surface area contributed by atoms with E-state index in [1.165, 1.54) is 33.1 Å². The molecule has 2 nitrogen and oxygen atoms in total. The summed E-state index contributed by atoms with van der Waals surface area (Å²) in [6.45, 7) is 6.37. The first-order valence-corrected chi connectivity index (χ1v) is 10.0. The van der Waals surface area contributed by atoms with E-state index in [1.54, 1.807) is 0 Å². The highest BCUT2D eigenvalue weighted by Gasteiger charge is 2.20. The van der Waals surface area contributed by atoms with Crippen LogP contribution in [-0.4, -0.2) is 4.57 Å². The number of furan rings is 1. The molecule has 3 aromatic carbocycles. The lowest BCUT2D eigenvalue weighted by atomic mass is 10.0. The molecule has 0 aliphatic rings. The van der Waals surface area contributed by atoms with Crippen LogP contribution in [0, 0.1) is 0 Å². The number of allylic oxidation sites excluding steroid dienone is 2. The van der Waals surface area contributed by atoms with Crippen molar-refractivity contribution in [2.24, 2.45) is 0 Å². The van der Waals surface area contributed by atoms with E-state index in [0.29, 0.717) is 0 Å². The summed E-state index contributed by atoms with van der Waals surface area (Å²) in [5.74, 6) is 0. The Morgan fingerprint density at radius 2 is 1.59 bits per heavy atom. The third-order valence-corrected chi connectivity index (χ3v) is 5.32. The zero-order valence-corrected chi connectivity index (χ0v) is 16.9. The van der Waals surface area contributed by atoms with Crippen LogP contribution in [0.2, 0.25) is 0 Å². The third kappa shape index (κ3) is 2.72. The Morgan fingerprint density at radius 3 is 2.34 bits per heavy atom. The van der Waals surface area contributed by atoms with E-state index < -0.39 is 0 Å². The van der Waals surface area contributed by atoms with E-state index in [0.717, 1.165) is 22.2 Å². The van der Waals surface area contributed by atoms with Crippen molar-refractivity contribution in [2.75, 3.05) is 0 Å². The van der Waals surface area contributed by atoms with E-state index in [4.69, 9.17) is 4.42 Å². The molecule has 29 heavy (non-hydrogen) atoms. The standard InChI is InChI=1S/C27H23NO/c1-4-10-22-21(17-18(2)3)26-23(28(22)19-11-6-5-7-12-19)15-16-25-27(26)20-13-8-9-14-24(20)29-25/h4-17H,1-3H3/b10-4-. The maximum atomic E-state index is 6.19. The second-order valence-electron chi connectivity index (χ2n) is 7.62. The van der Waals surface area contributed by atoms with Gasteiger partial charge in [0, 0.05) is 27.4 Å². The molecule has 5 aromatic rings. The number of nitrogens with zero attached hydrogens (tertiary/aromatic N) is 1. The Balaban J connectivity index is 2.06. The number of rotatable bonds is 3. The lowest BCUT2D eigenvalue weighted by Gasteiger charge is -2.09. The fraction of sp³-hybridized carbons (Fsp3) is 0.111.